The molecule has 1 aromatic carbocycles. The lowest BCUT2D eigenvalue weighted by Crippen LogP contribution is -2.41. The van der Waals surface area contributed by atoms with Gasteiger partial charge in [0, 0.05) is 25.9 Å². The molecule has 25 heavy (non-hydrogen) atoms. The van der Waals surface area contributed by atoms with Gasteiger partial charge in [0.2, 0.25) is 17.7 Å². The first-order valence-electron chi connectivity index (χ1n) is 9.12. The van der Waals surface area contributed by atoms with Crippen LogP contribution in [0.25, 0.3) is 0 Å². The van der Waals surface area contributed by atoms with Crippen molar-refractivity contribution in [1.82, 2.24) is 10.2 Å². The predicted molar refractivity (Wildman–Crippen MR) is 94.9 cm³/mol. The number of likely N-dealkylation sites (tertiary alicyclic amines) is 1. The predicted octanol–water partition coefficient (Wildman–Crippen LogP) is 2.40. The third-order valence-corrected chi connectivity index (χ3v) is 5.60. The summed E-state index contributed by atoms with van der Waals surface area (Å²) in [6.45, 7) is 5.28. The minimum atomic E-state index is -0.888. The van der Waals surface area contributed by atoms with Gasteiger partial charge in [0.25, 0.3) is 0 Å². The highest BCUT2D eigenvalue weighted by molar-refractivity contribution is 6.07. The van der Waals surface area contributed by atoms with Crippen LogP contribution in [-0.2, 0) is 20.8 Å². The van der Waals surface area contributed by atoms with E-state index < -0.39 is 5.41 Å². The molecule has 2 fully saturated rings. The molecule has 2 aliphatic rings. The molecular formula is C20H26N2O3. The number of nitrogens with zero attached hydrogens (tertiary/aromatic N) is 1. The van der Waals surface area contributed by atoms with Gasteiger partial charge < -0.3 is 4.90 Å². The van der Waals surface area contributed by atoms with Crippen LogP contribution < -0.4 is 5.32 Å². The van der Waals surface area contributed by atoms with Crippen LogP contribution in [0.3, 0.4) is 0 Å². The molecular weight excluding hydrogens is 316 g/mol. The Kier molecular flexibility index (Phi) is 4.93. The molecule has 0 aromatic heterocycles. The molecule has 1 atom stereocenters. The smallest absolute Gasteiger partial charge is 0.233 e. The molecule has 1 N–H and O–H groups in total. The van der Waals surface area contributed by atoms with Gasteiger partial charge in [-0.05, 0) is 43.2 Å². The van der Waals surface area contributed by atoms with Gasteiger partial charge in [-0.25, -0.2) is 0 Å². The highest BCUT2D eigenvalue weighted by atomic mass is 16.2. The van der Waals surface area contributed by atoms with E-state index in [0.717, 1.165) is 19.3 Å². The SMILES string of the molecule is CCc1ccc(C2CCN(C(=O)CC3(C)CC(=O)NC3=O)CC2)cc1. The van der Waals surface area contributed by atoms with E-state index >= 15 is 0 Å². The van der Waals surface area contributed by atoms with Crippen molar-refractivity contribution in [3.63, 3.8) is 0 Å². The van der Waals surface area contributed by atoms with Crippen molar-refractivity contribution < 1.29 is 14.4 Å². The summed E-state index contributed by atoms with van der Waals surface area (Å²) in [4.78, 5) is 37.7. The van der Waals surface area contributed by atoms with E-state index in [2.05, 4.69) is 36.5 Å². The molecule has 3 amide bonds. The average Bonchev–Trinajstić information content (AvgIpc) is 2.86. The first-order valence-corrected chi connectivity index (χ1v) is 9.12. The summed E-state index contributed by atoms with van der Waals surface area (Å²) in [5.74, 6) is -0.139. The normalized spacial score (nSPS) is 24.5. The summed E-state index contributed by atoms with van der Waals surface area (Å²) in [7, 11) is 0. The van der Waals surface area contributed by atoms with Crippen LogP contribution in [0.2, 0.25) is 0 Å². The molecule has 2 heterocycles. The van der Waals surface area contributed by atoms with Gasteiger partial charge in [-0.1, -0.05) is 31.2 Å². The minimum absolute atomic E-state index is 0.0212. The first kappa shape index (κ1) is 17.6. The van der Waals surface area contributed by atoms with Gasteiger partial charge in [0.1, 0.15) is 0 Å². The molecule has 134 valence electrons. The number of amides is 3. The number of carbonyl (C=O) groups excluding carboxylic acids is 3. The van der Waals surface area contributed by atoms with Crippen LogP contribution in [0, 0.1) is 5.41 Å². The lowest BCUT2D eigenvalue weighted by Gasteiger charge is -2.34. The maximum absolute atomic E-state index is 12.6. The second-order valence-corrected chi connectivity index (χ2v) is 7.54. The number of rotatable bonds is 4. The highest BCUT2D eigenvalue weighted by Gasteiger charge is 2.44. The second kappa shape index (κ2) is 6.98. The van der Waals surface area contributed by atoms with Crippen molar-refractivity contribution in [3.8, 4) is 0 Å². The number of benzene rings is 1. The Balaban J connectivity index is 1.55. The van der Waals surface area contributed by atoms with E-state index in [4.69, 9.17) is 0 Å². The fraction of sp³-hybridized carbons (Fsp3) is 0.550. The summed E-state index contributed by atoms with van der Waals surface area (Å²) in [6, 6.07) is 8.78. The van der Waals surface area contributed by atoms with Crippen molar-refractivity contribution >= 4 is 17.7 Å². The van der Waals surface area contributed by atoms with Gasteiger partial charge in [0.15, 0.2) is 0 Å². The van der Waals surface area contributed by atoms with Crippen molar-refractivity contribution in [2.24, 2.45) is 5.41 Å². The van der Waals surface area contributed by atoms with Crippen molar-refractivity contribution in [2.75, 3.05) is 13.1 Å². The van der Waals surface area contributed by atoms with Crippen LogP contribution in [0.5, 0.6) is 0 Å². The van der Waals surface area contributed by atoms with Crippen molar-refractivity contribution in [1.29, 1.82) is 0 Å². The Morgan fingerprint density at radius 3 is 2.36 bits per heavy atom. The number of aryl methyl sites for hydroxylation is 1. The summed E-state index contributed by atoms with van der Waals surface area (Å²) in [5.41, 5.74) is 1.80. The van der Waals surface area contributed by atoms with Crippen LogP contribution in [0.15, 0.2) is 24.3 Å². The molecule has 0 aliphatic carbocycles. The largest absolute Gasteiger partial charge is 0.343 e. The van der Waals surface area contributed by atoms with Crippen LogP contribution in [0.1, 0.15) is 56.6 Å². The number of hydrogen-bond donors (Lipinski definition) is 1. The maximum atomic E-state index is 12.6. The minimum Gasteiger partial charge on any atom is -0.343 e. The molecule has 2 saturated heterocycles. The van der Waals surface area contributed by atoms with Crippen molar-refractivity contribution in [2.45, 2.75) is 51.9 Å². The van der Waals surface area contributed by atoms with E-state index in [9.17, 15) is 14.4 Å². The zero-order valence-corrected chi connectivity index (χ0v) is 15.0. The van der Waals surface area contributed by atoms with Gasteiger partial charge >= 0.3 is 0 Å². The summed E-state index contributed by atoms with van der Waals surface area (Å²) in [5, 5.41) is 2.30. The molecule has 1 aromatic rings. The summed E-state index contributed by atoms with van der Waals surface area (Å²) < 4.78 is 0. The lowest BCUT2D eigenvalue weighted by molar-refractivity contribution is -0.139. The quantitative estimate of drug-likeness (QED) is 0.855. The highest BCUT2D eigenvalue weighted by Crippen LogP contribution is 2.33. The number of carbonyl (C=O) groups is 3. The van der Waals surface area contributed by atoms with E-state index in [0.29, 0.717) is 19.0 Å². The molecule has 1 unspecified atom stereocenters. The van der Waals surface area contributed by atoms with Crippen LogP contribution in [0.4, 0.5) is 0 Å². The zero-order valence-electron chi connectivity index (χ0n) is 15.0. The van der Waals surface area contributed by atoms with E-state index in [1.54, 1.807) is 6.92 Å². The Morgan fingerprint density at radius 1 is 1.20 bits per heavy atom. The Morgan fingerprint density at radius 2 is 1.84 bits per heavy atom. The van der Waals surface area contributed by atoms with Gasteiger partial charge in [-0.15, -0.1) is 0 Å². The first-order chi connectivity index (χ1) is 11.9. The molecule has 2 aliphatic heterocycles. The van der Waals surface area contributed by atoms with E-state index in [1.165, 1.54) is 11.1 Å². The number of nitrogens with one attached hydrogen (secondary N) is 1. The third kappa shape index (κ3) is 3.75. The molecule has 0 radical (unpaired) electrons. The summed E-state index contributed by atoms with van der Waals surface area (Å²) in [6.07, 6.45) is 3.15. The van der Waals surface area contributed by atoms with Gasteiger partial charge in [0.05, 0.1) is 5.41 Å². The maximum Gasteiger partial charge on any atom is 0.233 e. The molecule has 0 bridgehead atoms. The van der Waals surface area contributed by atoms with Crippen molar-refractivity contribution in [3.05, 3.63) is 35.4 Å². The number of piperidine rings is 1. The zero-order chi connectivity index (χ0) is 18.0. The van der Waals surface area contributed by atoms with Crippen LogP contribution in [-0.4, -0.2) is 35.7 Å². The second-order valence-electron chi connectivity index (χ2n) is 7.54. The Bertz CT molecular complexity index is 675. The molecule has 0 spiro atoms. The van der Waals surface area contributed by atoms with Crippen LogP contribution >= 0.6 is 0 Å². The third-order valence-electron chi connectivity index (χ3n) is 5.60. The fourth-order valence-electron chi connectivity index (χ4n) is 3.83. The van der Waals surface area contributed by atoms with E-state index in [1.807, 2.05) is 4.90 Å². The molecule has 0 saturated carbocycles. The molecule has 5 nitrogen and oxygen atoms in total. The van der Waals surface area contributed by atoms with Gasteiger partial charge in [-0.2, -0.15) is 0 Å². The number of imide groups is 1. The topological polar surface area (TPSA) is 66.5 Å². The monoisotopic (exact) mass is 342 g/mol. The molecule has 3 rings (SSSR count). The average molecular weight is 342 g/mol. The Labute approximate surface area is 148 Å². The van der Waals surface area contributed by atoms with E-state index in [-0.39, 0.29) is 30.6 Å². The Hall–Kier alpha value is -2.17. The number of hydrogen-bond acceptors (Lipinski definition) is 3. The fourth-order valence-corrected chi connectivity index (χ4v) is 3.83. The van der Waals surface area contributed by atoms with Gasteiger partial charge in [-0.3, -0.25) is 19.7 Å². The summed E-state index contributed by atoms with van der Waals surface area (Å²) >= 11 is 0. The molecule has 5 heteroatoms. The standard InChI is InChI=1S/C20H26N2O3/c1-3-14-4-6-15(7-5-14)16-8-10-22(11-9-16)18(24)13-20(2)12-17(23)21-19(20)25/h4-7,16H,3,8-13H2,1-2H3,(H,21,23,25). The lowest BCUT2D eigenvalue weighted by atomic mass is 9.83.